The van der Waals surface area contributed by atoms with Gasteiger partial charge in [-0.15, -0.1) is 0 Å². The molecule has 2 N–H and O–H groups in total. The SMILES string of the molecule is Nc1ccc(F)c(-c2cc(Cl)cc(Cl)c2)c1. The van der Waals surface area contributed by atoms with Crippen molar-refractivity contribution in [1.29, 1.82) is 0 Å². The van der Waals surface area contributed by atoms with E-state index in [1.165, 1.54) is 12.1 Å². The fraction of sp³-hybridized carbons (Fsp3) is 0. The first-order valence-electron chi connectivity index (χ1n) is 4.58. The number of hydrogen-bond donors (Lipinski definition) is 1. The molecule has 2 rings (SSSR count). The summed E-state index contributed by atoms with van der Waals surface area (Å²) in [5, 5.41) is 0.925. The molecule has 0 aliphatic rings. The van der Waals surface area contributed by atoms with Crippen molar-refractivity contribution in [2.24, 2.45) is 0 Å². The molecule has 2 aromatic carbocycles. The van der Waals surface area contributed by atoms with Gasteiger partial charge in [-0.25, -0.2) is 4.39 Å². The minimum Gasteiger partial charge on any atom is -0.399 e. The van der Waals surface area contributed by atoms with Gasteiger partial charge in [0.05, 0.1) is 0 Å². The summed E-state index contributed by atoms with van der Waals surface area (Å²) in [5.41, 5.74) is 7.11. The van der Waals surface area contributed by atoms with Crippen LogP contribution in [0.5, 0.6) is 0 Å². The van der Waals surface area contributed by atoms with Crippen molar-refractivity contribution in [3.05, 3.63) is 52.3 Å². The molecule has 2 aromatic rings. The molecular formula is C12H8Cl2FN. The number of rotatable bonds is 1. The zero-order valence-corrected chi connectivity index (χ0v) is 9.69. The fourth-order valence-corrected chi connectivity index (χ4v) is 2.00. The molecule has 0 atom stereocenters. The minimum atomic E-state index is -0.354. The Labute approximate surface area is 103 Å². The zero-order valence-electron chi connectivity index (χ0n) is 8.18. The van der Waals surface area contributed by atoms with Gasteiger partial charge in [-0.2, -0.15) is 0 Å². The maximum atomic E-state index is 13.6. The first-order chi connectivity index (χ1) is 7.56. The van der Waals surface area contributed by atoms with E-state index >= 15 is 0 Å². The smallest absolute Gasteiger partial charge is 0.131 e. The molecule has 0 aliphatic carbocycles. The van der Waals surface area contributed by atoms with Crippen LogP contribution in [0.25, 0.3) is 11.1 Å². The number of halogens is 3. The van der Waals surface area contributed by atoms with Gasteiger partial charge in [-0.1, -0.05) is 23.2 Å². The maximum Gasteiger partial charge on any atom is 0.131 e. The number of nitrogen functional groups attached to an aromatic ring is 1. The standard InChI is InChI=1S/C12H8Cl2FN/c13-8-3-7(4-9(14)5-8)11-6-10(16)1-2-12(11)15/h1-6H,16H2. The van der Waals surface area contributed by atoms with E-state index in [2.05, 4.69) is 0 Å². The quantitative estimate of drug-likeness (QED) is 0.752. The summed E-state index contributed by atoms with van der Waals surface area (Å²) in [6, 6.07) is 9.26. The number of hydrogen-bond acceptors (Lipinski definition) is 1. The summed E-state index contributed by atoms with van der Waals surface area (Å²) in [4.78, 5) is 0. The van der Waals surface area contributed by atoms with Crippen LogP contribution in [0, 0.1) is 5.82 Å². The van der Waals surface area contributed by atoms with Crippen LogP contribution in [-0.4, -0.2) is 0 Å². The second-order valence-electron chi connectivity index (χ2n) is 3.40. The van der Waals surface area contributed by atoms with Crippen LogP contribution in [-0.2, 0) is 0 Å². The molecule has 0 heterocycles. The van der Waals surface area contributed by atoms with Crippen molar-refractivity contribution < 1.29 is 4.39 Å². The molecule has 16 heavy (non-hydrogen) atoms. The van der Waals surface area contributed by atoms with Crippen LogP contribution >= 0.6 is 23.2 Å². The molecular weight excluding hydrogens is 248 g/mol. The van der Waals surface area contributed by atoms with E-state index in [-0.39, 0.29) is 5.82 Å². The molecule has 0 radical (unpaired) electrons. The van der Waals surface area contributed by atoms with Crippen molar-refractivity contribution in [3.63, 3.8) is 0 Å². The summed E-state index contributed by atoms with van der Waals surface area (Å²) in [6.45, 7) is 0. The van der Waals surface area contributed by atoms with Gasteiger partial charge in [0.2, 0.25) is 0 Å². The Morgan fingerprint density at radius 1 is 0.938 bits per heavy atom. The number of benzene rings is 2. The zero-order chi connectivity index (χ0) is 11.7. The molecule has 1 nitrogen and oxygen atoms in total. The van der Waals surface area contributed by atoms with Gasteiger partial charge in [0.15, 0.2) is 0 Å². The lowest BCUT2D eigenvalue weighted by Crippen LogP contribution is -1.89. The molecule has 0 spiro atoms. The predicted molar refractivity (Wildman–Crippen MR) is 66.3 cm³/mol. The summed E-state index contributed by atoms with van der Waals surface area (Å²) in [7, 11) is 0. The van der Waals surface area contributed by atoms with Gasteiger partial charge in [0.25, 0.3) is 0 Å². The second-order valence-corrected chi connectivity index (χ2v) is 4.27. The minimum absolute atomic E-state index is 0.354. The van der Waals surface area contributed by atoms with E-state index in [0.29, 0.717) is 26.9 Å². The van der Waals surface area contributed by atoms with E-state index in [0.717, 1.165) is 0 Å². The van der Waals surface area contributed by atoms with E-state index in [1.807, 2.05) is 0 Å². The van der Waals surface area contributed by atoms with Crippen molar-refractivity contribution in [3.8, 4) is 11.1 Å². The summed E-state index contributed by atoms with van der Waals surface area (Å²) in [6.07, 6.45) is 0. The van der Waals surface area contributed by atoms with Crippen molar-refractivity contribution in [2.75, 3.05) is 5.73 Å². The highest BCUT2D eigenvalue weighted by atomic mass is 35.5. The van der Waals surface area contributed by atoms with Gasteiger partial charge in [-0.05, 0) is 42.0 Å². The highest BCUT2D eigenvalue weighted by Gasteiger charge is 2.07. The van der Waals surface area contributed by atoms with E-state index in [1.54, 1.807) is 24.3 Å². The van der Waals surface area contributed by atoms with E-state index in [4.69, 9.17) is 28.9 Å². The van der Waals surface area contributed by atoms with E-state index < -0.39 is 0 Å². The lowest BCUT2D eigenvalue weighted by Gasteiger charge is -2.06. The molecule has 82 valence electrons. The van der Waals surface area contributed by atoms with E-state index in [9.17, 15) is 4.39 Å². The Kier molecular flexibility index (Phi) is 3.03. The third-order valence-electron chi connectivity index (χ3n) is 2.16. The largest absolute Gasteiger partial charge is 0.399 e. The topological polar surface area (TPSA) is 26.0 Å². The lowest BCUT2D eigenvalue weighted by molar-refractivity contribution is 0.631. The molecule has 0 aliphatic heterocycles. The van der Waals surface area contributed by atoms with Crippen LogP contribution in [0.15, 0.2) is 36.4 Å². The van der Waals surface area contributed by atoms with Crippen LogP contribution in [0.1, 0.15) is 0 Å². The van der Waals surface area contributed by atoms with Gasteiger partial charge in [0, 0.05) is 21.3 Å². The average Bonchev–Trinajstić information content (AvgIpc) is 2.20. The van der Waals surface area contributed by atoms with Crippen molar-refractivity contribution >= 4 is 28.9 Å². The molecule has 0 aromatic heterocycles. The van der Waals surface area contributed by atoms with Gasteiger partial charge >= 0.3 is 0 Å². The average molecular weight is 256 g/mol. The summed E-state index contributed by atoms with van der Waals surface area (Å²) >= 11 is 11.7. The van der Waals surface area contributed by atoms with Crippen LogP contribution in [0.4, 0.5) is 10.1 Å². The van der Waals surface area contributed by atoms with Crippen LogP contribution in [0.2, 0.25) is 10.0 Å². The van der Waals surface area contributed by atoms with Gasteiger partial charge in [0.1, 0.15) is 5.82 Å². The number of anilines is 1. The molecule has 0 fully saturated rings. The van der Waals surface area contributed by atoms with Crippen LogP contribution < -0.4 is 5.73 Å². The third kappa shape index (κ3) is 2.29. The first-order valence-corrected chi connectivity index (χ1v) is 5.33. The van der Waals surface area contributed by atoms with Gasteiger partial charge in [-0.3, -0.25) is 0 Å². The van der Waals surface area contributed by atoms with Crippen LogP contribution in [0.3, 0.4) is 0 Å². The fourth-order valence-electron chi connectivity index (χ4n) is 1.47. The Morgan fingerprint density at radius 3 is 2.19 bits per heavy atom. The molecule has 0 saturated heterocycles. The Bertz CT molecular complexity index is 520. The van der Waals surface area contributed by atoms with Crippen molar-refractivity contribution in [1.82, 2.24) is 0 Å². The maximum absolute atomic E-state index is 13.6. The monoisotopic (exact) mass is 255 g/mol. The second kappa shape index (κ2) is 4.32. The Hall–Kier alpha value is -1.25. The Balaban J connectivity index is 2.62. The normalized spacial score (nSPS) is 10.4. The molecule has 0 saturated carbocycles. The molecule has 4 heteroatoms. The molecule has 0 amide bonds. The lowest BCUT2D eigenvalue weighted by atomic mass is 10.0. The molecule has 0 unspecified atom stereocenters. The Morgan fingerprint density at radius 2 is 1.56 bits per heavy atom. The first kappa shape index (κ1) is 11.2. The summed E-state index contributed by atoms with van der Waals surface area (Å²) < 4.78 is 13.6. The third-order valence-corrected chi connectivity index (χ3v) is 2.60. The van der Waals surface area contributed by atoms with Gasteiger partial charge < -0.3 is 5.73 Å². The molecule has 0 bridgehead atoms. The highest BCUT2D eigenvalue weighted by Crippen LogP contribution is 2.30. The number of nitrogens with two attached hydrogens (primary N) is 1. The highest BCUT2D eigenvalue weighted by molar-refractivity contribution is 6.35. The summed E-state index contributed by atoms with van der Waals surface area (Å²) in [5.74, 6) is -0.354. The van der Waals surface area contributed by atoms with Crippen molar-refractivity contribution in [2.45, 2.75) is 0 Å². The predicted octanol–water partition coefficient (Wildman–Crippen LogP) is 4.38.